The van der Waals surface area contributed by atoms with Crippen LogP contribution in [0.15, 0.2) is 42.5 Å². The molecule has 0 radical (unpaired) electrons. The zero-order chi connectivity index (χ0) is 13.7. The standard InChI is InChI=1S/C15H16F2O2/c16-15(17)10-19-8-7-14(18)13-6-5-11-3-1-2-4-12(11)9-13/h1-6,9,14-15,18H,7-8,10H2. The molecule has 0 heterocycles. The van der Waals surface area contributed by atoms with Crippen LogP contribution in [0.5, 0.6) is 0 Å². The lowest BCUT2D eigenvalue weighted by atomic mass is 10.0. The molecule has 0 spiro atoms. The van der Waals surface area contributed by atoms with E-state index in [0.717, 1.165) is 16.3 Å². The molecule has 1 unspecified atom stereocenters. The van der Waals surface area contributed by atoms with E-state index in [1.807, 2.05) is 42.5 Å². The first kappa shape index (κ1) is 13.9. The average Bonchev–Trinajstić information content (AvgIpc) is 2.42. The van der Waals surface area contributed by atoms with Crippen LogP contribution in [0.3, 0.4) is 0 Å². The van der Waals surface area contributed by atoms with Gasteiger partial charge in [0, 0.05) is 13.0 Å². The van der Waals surface area contributed by atoms with Crippen LogP contribution in [-0.4, -0.2) is 24.7 Å². The summed E-state index contributed by atoms with van der Waals surface area (Å²) in [5.74, 6) is 0. The van der Waals surface area contributed by atoms with E-state index < -0.39 is 19.1 Å². The molecule has 2 rings (SSSR count). The highest BCUT2D eigenvalue weighted by atomic mass is 19.3. The summed E-state index contributed by atoms with van der Waals surface area (Å²) in [5.41, 5.74) is 0.777. The Hall–Kier alpha value is -1.52. The molecule has 4 heteroatoms. The van der Waals surface area contributed by atoms with Crippen LogP contribution in [0.2, 0.25) is 0 Å². The second-order valence-electron chi connectivity index (χ2n) is 4.38. The second-order valence-corrected chi connectivity index (χ2v) is 4.38. The van der Waals surface area contributed by atoms with Gasteiger partial charge in [0.05, 0.1) is 6.10 Å². The van der Waals surface area contributed by atoms with Crippen molar-refractivity contribution < 1.29 is 18.6 Å². The smallest absolute Gasteiger partial charge is 0.261 e. The van der Waals surface area contributed by atoms with Gasteiger partial charge in [0.2, 0.25) is 0 Å². The van der Waals surface area contributed by atoms with E-state index in [0.29, 0.717) is 6.42 Å². The molecule has 0 saturated heterocycles. The van der Waals surface area contributed by atoms with Gasteiger partial charge in [-0.25, -0.2) is 8.78 Å². The number of halogens is 2. The topological polar surface area (TPSA) is 29.5 Å². The lowest BCUT2D eigenvalue weighted by Gasteiger charge is -2.12. The molecular weight excluding hydrogens is 250 g/mol. The summed E-state index contributed by atoms with van der Waals surface area (Å²) in [5, 5.41) is 12.1. The fourth-order valence-corrected chi connectivity index (χ4v) is 1.95. The molecule has 2 aromatic carbocycles. The van der Waals surface area contributed by atoms with Crippen LogP contribution in [-0.2, 0) is 4.74 Å². The number of rotatable bonds is 6. The van der Waals surface area contributed by atoms with Crippen molar-refractivity contribution in [1.82, 2.24) is 0 Å². The maximum Gasteiger partial charge on any atom is 0.261 e. The maximum atomic E-state index is 11.9. The second kappa shape index (κ2) is 6.59. The van der Waals surface area contributed by atoms with E-state index in [4.69, 9.17) is 4.74 Å². The Morgan fingerprint density at radius 2 is 1.79 bits per heavy atom. The van der Waals surface area contributed by atoms with Gasteiger partial charge in [0.15, 0.2) is 0 Å². The molecule has 19 heavy (non-hydrogen) atoms. The van der Waals surface area contributed by atoms with Crippen LogP contribution >= 0.6 is 0 Å². The molecule has 2 nitrogen and oxygen atoms in total. The lowest BCUT2D eigenvalue weighted by Crippen LogP contribution is -2.08. The van der Waals surface area contributed by atoms with Crippen molar-refractivity contribution >= 4 is 10.8 Å². The van der Waals surface area contributed by atoms with Gasteiger partial charge < -0.3 is 9.84 Å². The zero-order valence-corrected chi connectivity index (χ0v) is 10.4. The van der Waals surface area contributed by atoms with Gasteiger partial charge in [-0.1, -0.05) is 36.4 Å². The first-order valence-corrected chi connectivity index (χ1v) is 6.19. The van der Waals surface area contributed by atoms with Crippen LogP contribution < -0.4 is 0 Å². The van der Waals surface area contributed by atoms with Crippen molar-refractivity contribution in [3.05, 3.63) is 48.0 Å². The Balaban J connectivity index is 1.95. The highest BCUT2D eigenvalue weighted by Gasteiger charge is 2.09. The minimum atomic E-state index is -2.46. The van der Waals surface area contributed by atoms with Crippen LogP contribution in [0, 0.1) is 0 Å². The van der Waals surface area contributed by atoms with E-state index >= 15 is 0 Å². The molecule has 0 aliphatic heterocycles. The summed E-state index contributed by atoms with van der Waals surface area (Å²) in [4.78, 5) is 0. The molecule has 1 N–H and O–H groups in total. The first-order chi connectivity index (χ1) is 9.16. The van der Waals surface area contributed by atoms with Crippen molar-refractivity contribution in [2.75, 3.05) is 13.2 Å². The van der Waals surface area contributed by atoms with Crippen molar-refractivity contribution in [1.29, 1.82) is 0 Å². The first-order valence-electron chi connectivity index (χ1n) is 6.19. The van der Waals surface area contributed by atoms with Crippen LogP contribution in [0.1, 0.15) is 18.1 Å². The van der Waals surface area contributed by atoms with Crippen LogP contribution in [0.25, 0.3) is 10.8 Å². The molecule has 0 amide bonds. The number of fused-ring (bicyclic) bond motifs is 1. The number of hydrogen-bond acceptors (Lipinski definition) is 2. The van der Waals surface area contributed by atoms with Crippen LogP contribution in [0.4, 0.5) is 8.78 Å². The van der Waals surface area contributed by atoms with Crippen molar-refractivity contribution in [2.45, 2.75) is 19.0 Å². The van der Waals surface area contributed by atoms with E-state index in [9.17, 15) is 13.9 Å². The Kier molecular flexibility index (Phi) is 4.82. The Labute approximate surface area is 110 Å². The SMILES string of the molecule is OC(CCOCC(F)F)c1ccc2ccccc2c1. The molecule has 102 valence electrons. The normalized spacial score (nSPS) is 13.1. The molecule has 0 aliphatic rings. The third-order valence-corrected chi connectivity index (χ3v) is 2.94. The van der Waals surface area contributed by atoms with Crippen molar-refractivity contribution in [3.63, 3.8) is 0 Å². The highest BCUT2D eigenvalue weighted by Crippen LogP contribution is 2.22. The minimum Gasteiger partial charge on any atom is -0.388 e. The summed E-state index contributed by atoms with van der Waals surface area (Å²) in [6.45, 7) is -0.456. The molecule has 0 aromatic heterocycles. The zero-order valence-electron chi connectivity index (χ0n) is 10.4. The van der Waals surface area contributed by atoms with Gasteiger partial charge >= 0.3 is 0 Å². The van der Waals surface area contributed by atoms with E-state index in [2.05, 4.69) is 0 Å². The monoisotopic (exact) mass is 266 g/mol. The molecule has 0 bridgehead atoms. The van der Waals surface area contributed by atoms with E-state index in [1.165, 1.54) is 0 Å². The minimum absolute atomic E-state index is 0.123. The maximum absolute atomic E-state index is 11.9. The number of aliphatic hydroxyl groups excluding tert-OH is 1. The van der Waals surface area contributed by atoms with Gasteiger partial charge in [-0.05, 0) is 22.4 Å². The quantitative estimate of drug-likeness (QED) is 0.810. The number of hydrogen-bond donors (Lipinski definition) is 1. The number of ether oxygens (including phenoxy) is 1. The Morgan fingerprint density at radius 3 is 2.53 bits per heavy atom. The predicted octanol–water partition coefficient (Wildman–Crippen LogP) is 3.55. The summed E-state index contributed by atoms with van der Waals surface area (Å²) in [7, 11) is 0. The number of alkyl halides is 2. The summed E-state index contributed by atoms with van der Waals surface area (Å²) < 4.78 is 28.5. The average molecular weight is 266 g/mol. The summed E-state index contributed by atoms with van der Waals surface area (Å²) in [6.07, 6.45) is -2.84. The highest BCUT2D eigenvalue weighted by molar-refractivity contribution is 5.83. The molecule has 0 fully saturated rings. The predicted molar refractivity (Wildman–Crippen MR) is 70.3 cm³/mol. The molecule has 0 saturated carbocycles. The van der Waals surface area contributed by atoms with Gasteiger partial charge in [0.1, 0.15) is 6.61 Å². The Bertz CT molecular complexity index is 528. The van der Waals surface area contributed by atoms with Gasteiger partial charge in [-0.2, -0.15) is 0 Å². The Morgan fingerprint density at radius 1 is 1.05 bits per heavy atom. The van der Waals surface area contributed by atoms with E-state index in [1.54, 1.807) is 0 Å². The third kappa shape index (κ3) is 3.98. The lowest BCUT2D eigenvalue weighted by molar-refractivity contribution is 0.00482. The fourth-order valence-electron chi connectivity index (χ4n) is 1.95. The number of benzene rings is 2. The molecule has 0 aliphatic carbocycles. The third-order valence-electron chi connectivity index (χ3n) is 2.94. The van der Waals surface area contributed by atoms with E-state index in [-0.39, 0.29) is 6.61 Å². The molecule has 2 aromatic rings. The molecular formula is C15H16F2O2. The largest absolute Gasteiger partial charge is 0.388 e. The van der Waals surface area contributed by atoms with Gasteiger partial charge in [0.25, 0.3) is 6.43 Å². The van der Waals surface area contributed by atoms with Gasteiger partial charge in [-0.3, -0.25) is 0 Å². The summed E-state index contributed by atoms with van der Waals surface area (Å²) in [6, 6.07) is 13.6. The molecule has 1 atom stereocenters. The summed E-state index contributed by atoms with van der Waals surface area (Å²) >= 11 is 0. The van der Waals surface area contributed by atoms with Crippen molar-refractivity contribution in [3.8, 4) is 0 Å². The van der Waals surface area contributed by atoms with Gasteiger partial charge in [-0.15, -0.1) is 0 Å². The number of aliphatic hydroxyl groups is 1. The fraction of sp³-hybridized carbons (Fsp3) is 0.333. The van der Waals surface area contributed by atoms with Crippen molar-refractivity contribution in [2.24, 2.45) is 0 Å².